The van der Waals surface area contributed by atoms with Gasteiger partial charge in [0.1, 0.15) is 5.75 Å². The number of benzene rings is 1. The molecule has 0 spiro atoms. The lowest BCUT2D eigenvalue weighted by atomic mass is 9.90. The molecule has 2 atom stereocenters. The number of hydrogen-bond acceptors (Lipinski definition) is 3. The zero-order chi connectivity index (χ0) is 13.2. The van der Waals surface area contributed by atoms with Crippen molar-refractivity contribution in [3.05, 3.63) is 29.8 Å². The van der Waals surface area contributed by atoms with Gasteiger partial charge in [0.2, 0.25) is 0 Å². The van der Waals surface area contributed by atoms with Crippen LogP contribution < -0.4 is 10.5 Å². The number of ether oxygens (including phenoxy) is 1. The summed E-state index contributed by atoms with van der Waals surface area (Å²) in [6.07, 6.45) is 2.49. The minimum Gasteiger partial charge on any atom is -0.493 e. The first-order chi connectivity index (χ1) is 9.24. The summed E-state index contributed by atoms with van der Waals surface area (Å²) in [6, 6.07) is 8.80. The third-order valence-electron chi connectivity index (χ3n) is 4.65. The number of piperidine rings is 1. The average Bonchev–Trinajstić information content (AvgIpc) is 2.83. The molecule has 3 rings (SSSR count). The van der Waals surface area contributed by atoms with Gasteiger partial charge in [-0.2, -0.15) is 0 Å². The second-order valence-corrected chi connectivity index (χ2v) is 6.04. The number of fused-ring (bicyclic) bond motifs is 1. The highest BCUT2D eigenvalue weighted by atomic mass is 16.5. The molecule has 104 valence electrons. The van der Waals surface area contributed by atoms with Gasteiger partial charge in [-0.25, -0.2) is 0 Å². The Morgan fingerprint density at radius 2 is 2.05 bits per heavy atom. The highest BCUT2D eigenvalue weighted by Gasteiger charge is 2.28. The van der Waals surface area contributed by atoms with E-state index in [1.54, 1.807) is 0 Å². The number of nitrogens with zero attached hydrogens (tertiary/aromatic N) is 1. The molecule has 0 bridgehead atoms. The molecule has 2 heterocycles. The summed E-state index contributed by atoms with van der Waals surface area (Å²) in [6.45, 7) is 6.48. The first-order valence-electron chi connectivity index (χ1n) is 7.43. The van der Waals surface area contributed by atoms with Crippen molar-refractivity contribution in [3.63, 3.8) is 0 Å². The van der Waals surface area contributed by atoms with Crippen LogP contribution in [0.15, 0.2) is 24.3 Å². The van der Waals surface area contributed by atoms with Gasteiger partial charge in [0.05, 0.1) is 6.61 Å². The zero-order valence-corrected chi connectivity index (χ0v) is 11.7. The molecule has 1 aromatic carbocycles. The minimum absolute atomic E-state index is 0.345. The molecule has 2 unspecified atom stereocenters. The fraction of sp³-hybridized carbons (Fsp3) is 0.625. The van der Waals surface area contributed by atoms with Gasteiger partial charge < -0.3 is 15.4 Å². The molecule has 1 fully saturated rings. The smallest absolute Gasteiger partial charge is 0.122 e. The fourth-order valence-electron chi connectivity index (χ4n) is 3.35. The largest absolute Gasteiger partial charge is 0.493 e. The van der Waals surface area contributed by atoms with E-state index in [0.29, 0.717) is 17.9 Å². The van der Waals surface area contributed by atoms with Crippen molar-refractivity contribution < 1.29 is 4.74 Å². The molecule has 0 aromatic heterocycles. The van der Waals surface area contributed by atoms with Crippen LogP contribution in [0.2, 0.25) is 0 Å². The standard InChI is InChI=1S/C16H24N2O/c1-12(17)13-6-8-18(9-7-13)10-14-11-19-16-5-3-2-4-15(14)16/h2-5,12-14H,6-11,17H2,1H3. The summed E-state index contributed by atoms with van der Waals surface area (Å²) in [7, 11) is 0. The van der Waals surface area contributed by atoms with E-state index < -0.39 is 0 Å². The van der Waals surface area contributed by atoms with Crippen LogP contribution in [0, 0.1) is 5.92 Å². The highest BCUT2D eigenvalue weighted by molar-refractivity contribution is 5.39. The molecule has 3 heteroatoms. The summed E-state index contributed by atoms with van der Waals surface area (Å²) in [5, 5.41) is 0. The number of hydrogen-bond donors (Lipinski definition) is 1. The van der Waals surface area contributed by atoms with Gasteiger partial charge in [0, 0.05) is 24.1 Å². The van der Waals surface area contributed by atoms with Gasteiger partial charge in [0.15, 0.2) is 0 Å². The van der Waals surface area contributed by atoms with Crippen molar-refractivity contribution in [3.8, 4) is 5.75 Å². The van der Waals surface area contributed by atoms with E-state index >= 15 is 0 Å². The molecular formula is C16H24N2O. The van der Waals surface area contributed by atoms with Crippen LogP contribution in [-0.2, 0) is 0 Å². The Kier molecular flexibility index (Phi) is 3.76. The molecule has 2 aliphatic heterocycles. The Balaban J connectivity index is 1.57. The molecule has 0 aliphatic carbocycles. The second kappa shape index (κ2) is 5.51. The Labute approximate surface area is 115 Å². The van der Waals surface area contributed by atoms with Crippen LogP contribution in [0.3, 0.4) is 0 Å². The van der Waals surface area contributed by atoms with Crippen molar-refractivity contribution in [2.24, 2.45) is 11.7 Å². The van der Waals surface area contributed by atoms with E-state index in [1.807, 2.05) is 0 Å². The monoisotopic (exact) mass is 260 g/mol. The maximum absolute atomic E-state index is 6.00. The van der Waals surface area contributed by atoms with Crippen LogP contribution in [0.25, 0.3) is 0 Å². The zero-order valence-electron chi connectivity index (χ0n) is 11.7. The summed E-state index contributed by atoms with van der Waals surface area (Å²) in [5.74, 6) is 2.34. The fourth-order valence-corrected chi connectivity index (χ4v) is 3.35. The first-order valence-corrected chi connectivity index (χ1v) is 7.43. The van der Waals surface area contributed by atoms with Crippen LogP contribution in [0.1, 0.15) is 31.2 Å². The van der Waals surface area contributed by atoms with Crippen LogP contribution in [-0.4, -0.2) is 37.2 Å². The van der Waals surface area contributed by atoms with Gasteiger partial charge >= 0.3 is 0 Å². The van der Waals surface area contributed by atoms with E-state index in [-0.39, 0.29) is 0 Å². The van der Waals surface area contributed by atoms with Crippen molar-refractivity contribution in [1.29, 1.82) is 0 Å². The van der Waals surface area contributed by atoms with Crippen LogP contribution >= 0.6 is 0 Å². The molecule has 2 aliphatic rings. The Bertz CT molecular complexity index is 425. The van der Waals surface area contributed by atoms with Gasteiger partial charge in [0.25, 0.3) is 0 Å². The number of nitrogens with two attached hydrogens (primary N) is 1. The predicted octanol–water partition coefficient (Wildman–Crippen LogP) is 2.22. The number of rotatable bonds is 3. The lowest BCUT2D eigenvalue weighted by Gasteiger charge is -2.34. The SMILES string of the molecule is CC(N)C1CCN(CC2COc3ccccc32)CC1. The van der Waals surface area contributed by atoms with E-state index in [1.165, 1.54) is 31.5 Å². The number of para-hydroxylation sites is 1. The Morgan fingerprint density at radius 1 is 1.32 bits per heavy atom. The van der Waals surface area contributed by atoms with E-state index in [2.05, 4.69) is 36.1 Å². The van der Waals surface area contributed by atoms with E-state index in [4.69, 9.17) is 10.5 Å². The highest BCUT2D eigenvalue weighted by Crippen LogP contribution is 2.34. The van der Waals surface area contributed by atoms with Crippen molar-refractivity contribution >= 4 is 0 Å². The molecule has 1 saturated heterocycles. The molecule has 3 nitrogen and oxygen atoms in total. The summed E-state index contributed by atoms with van der Waals surface area (Å²) >= 11 is 0. The Hall–Kier alpha value is -1.06. The van der Waals surface area contributed by atoms with Crippen molar-refractivity contribution in [2.45, 2.75) is 31.7 Å². The summed E-state index contributed by atoms with van der Waals surface area (Å²) < 4.78 is 5.77. The molecule has 1 aromatic rings. The molecular weight excluding hydrogens is 236 g/mol. The van der Waals surface area contributed by atoms with E-state index in [0.717, 1.165) is 18.9 Å². The molecule has 0 saturated carbocycles. The van der Waals surface area contributed by atoms with Crippen LogP contribution in [0.5, 0.6) is 5.75 Å². The maximum Gasteiger partial charge on any atom is 0.122 e. The van der Waals surface area contributed by atoms with Crippen molar-refractivity contribution in [2.75, 3.05) is 26.2 Å². The summed E-state index contributed by atoms with van der Waals surface area (Å²) in [4.78, 5) is 2.58. The average molecular weight is 260 g/mol. The predicted molar refractivity (Wildman–Crippen MR) is 77.5 cm³/mol. The molecule has 2 N–H and O–H groups in total. The third kappa shape index (κ3) is 2.77. The van der Waals surface area contributed by atoms with E-state index in [9.17, 15) is 0 Å². The third-order valence-corrected chi connectivity index (χ3v) is 4.65. The van der Waals surface area contributed by atoms with Crippen molar-refractivity contribution in [1.82, 2.24) is 4.90 Å². The van der Waals surface area contributed by atoms with Gasteiger partial charge in [-0.1, -0.05) is 18.2 Å². The van der Waals surface area contributed by atoms with Gasteiger partial charge in [-0.15, -0.1) is 0 Å². The molecule has 0 radical (unpaired) electrons. The second-order valence-electron chi connectivity index (χ2n) is 6.04. The van der Waals surface area contributed by atoms with Gasteiger partial charge in [-0.05, 0) is 44.8 Å². The number of likely N-dealkylation sites (tertiary alicyclic amines) is 1. The first kappa shape index (κ1) is 12.9. The van der Waals surface area contributed by atoms with Crippen LogP contribution in [0.4, 0.5) is 0 Å². The Morgan fingerprint density at radius 3 is 2.79 bits per heavy atom. The summed E-state index contributed by atoms with van der Waals surface area (Å²) in [5.41, 5.74) is 7.39. The normalized spacial score (nSPS) is 25.9. The lowest BCUT2D eigenvalue weighted by molar-refractivity contribution is 0.157. The molecule has 0 amide bonds. The minimum atomic E-state index is 0.345. The maximum atomic E-state index is 6.00. The lowest BCUT2D eigenvalue weighted by Crippen LogP contribution is -2.41. The molecule has 19 heavy (non-hydrogen) atoms. The van der Waals surface area contributed by atoms with Gasteiger partial charge in [-0.3, -0.25) is 0 Å². The topological polar surface area (TPSA) is 38.5 Å². The quantitative estimate of drug-likeness (QED) is 0.905.